The highest BCUT2D eigenvalue weighted by Gasteiger charge is 2.23. The number of sulfonamides is 1. The molecule has 0 aliphatic heterocycles. The van der Waals surface area contributed by atoms with Gasteiger partial charge in [0.05, 0.1) is 7.11 Å². The molecular formula is C7H7F2IN2O3S. The molecule has 0 aromatic carbocycles. The van der Waals surface area contributed by atoms with Crippen molar-refractivity contribution in [2.75, 3.05) is 7.11 Å². The van der Waals surface area contributed by atoms with Gasteiger partial charge in [0, 0.05) is 0 Å². The van der Waals surface area contributed by atoms with Gasteiger partial charge in [-0.3, -0.25) is 0 Å². The Morgan fingerprint density at radius 3 is 2.50 bits per heavy atom. The van der Waals surface area contributed by atoms with Crippen LogP contribution in [0, 0.1) is 3.70 Å². The molecule has 5 nitrogen and oxygen atoms in total. The summed E-state index contributed by atoms with van der Waals surface area (Å²) in [7, 11) is -2.92. The van der Waals surface area contributed by atoms with Crippen molar-refractivity contribution in [1.29, 1.82) is 0 Å². The summed E-state index contributed by atoms with van der Waals surface area (Å²) in [4.78, 5) is 3.01. The Morgan fingerprint density at radius 1 is 1.56 bits per heavy atom. The first kappa shape index (κ1) is 13.5. The SMILES string of the molecule is COc1c(S(N)(=O)=O)cc(C(F)F)nc1I. The molecule has 0 amide bonds. The van der Waals surface area contributed by atoms with Gasteiger partial charge in [0.15, 0.2) is 5.75 Å². The fourth-order valence-electron chi connectivity index (χ4n) is 1.01. The lowest BCUT2D eigenvalue weighted by molar-refractivity contribution is 0.145. The molecule has 16 heavy (non-hydrogen) atoms. The number of rotatable bonds is 3. The smallest absolute Gasteiger partial charge is 0.280 e. The predicted molar refractivity (Wildman–Crippen MR) is 59.8 cm³/mol. The molecule has 0 radical (unpaired) electrons. The number of hydrogen-bond donors (Lipinski definition) is 1. The number of aromatic nitrogens is 1. The minimum Gasteiger partial charge on any atom is -0.493 e. The molecule has 0 aliphatic carbocycles. The number of pyridine rings is 1. The second-order valence-electron chi connectivity index (χ2n) is 2.72. The minimum atomic E-state index is -4.13. The number of hydrogen-bond acceptors (Lipinski definition) is 4. The lowest BCUT2D eigenvalue weighted by Gasteiger charge is -2.10. The largest absolute Gasteiger partial charge is 0.493 e. The fraction of sp³-hybridized carbons (Fsp3) is 0.286. The number of alkyl halides is 2. The van der Waals surface area contributed by atoms with Gasteiger partial charge in [0.2, 0.25) is 10.0 Å². The van der Waals surface area contributed by atoms with Gasteiger partial charge in [-0.15, -0.1) is 0 Å². The van der Waals surface area contributed by atoms with Gasteiger partial charge in [0.1, 0.15) is 14.3 Å². The molecule has 1 rings (SSSR count). The Hall–Kier alpha value is -0.550. The molecule has 0 spiro atoms. The van der Waals surface area contributed by atoms with Crippen LogP contribution in [-0.2, 0) is 10.0 Å². The van der Waals surface area contributed by atoms with Gasteiger partial charge in [-0.1, -0.05) is 0 Å². The van der Waals surface area contributed by atoms with Crippen molar-refractivity contribution in [3.63, 3.8) is 0 Å². The maximum absolute atomic E-state index is 12.4. The van der Waals surface area contributed by atoms with E-state index in [1.165, 1.54) is 7.11 Å². The maximum Gasteiger partial charge on any atom is 0.280 e. The number of ether oxygens (including phenoxy) is 1. The molecule has 0 aliphatic rings. The molecule has 0 saturated carbocycles. The Balaban J connectivity index is 3.56. The van der Waals surface area contributed by atoms with Crippen LogP contribution in [0.4, 0.5) is 8.78 Å². The Labute approximate surface area is 104 Å². The molecule has 90 valence electrons. The molecule has 0 saturated heterocycles. The van der Waals surface area contributed by atoms with Crippen LogP contribution in [0.1, 0.15) is 12.1 Å². The molecule has 2 N–H and O–H groups in total. The minimum absolute atomic E-state index is 0.0157. The highest BCUT2D eigenvalue weighted by molar-refractivity contribution is 14.1. The molecular weight excluding hydrogens is 357 g/mol. The first-order valence-corrected chi connectivity index (χ1v) is 6.45. The first-order chi connectivity index (χ1) is 7.27. The Bertz CT molecular complexity index is 507. The molecule has 9 heteroatoms. The van der Waals surface area contributed by atoms with Crippen molar-refractivity contribution in [1.82, 2.24) is 4.98 Å². The quantitative estimate of drug-likeness (QED) is 0.647. The first-order valence-electron chi connectivity index (χ1n) is 3.82. The molecule has 0 unspecified atom stereocenters. The average molecular weight is 364 g/mol. The van der Waals surface area contributed by atoms with Gasteiger partial charge >= 0.3 is 0 Å². The topological polar surface area (TPSA) is 82.3 Å². The predicted octanol–water partition coefficient (Wildman–Crippen LogP) is 1.28. The number of nitrogens with zero attached hydrogens (tertiary/aromatic N) is 1. The number of primary sulfonamides is 1. The van der Waals surface area contributed by atoms with Crippen LogP contribution in [0.5, 0.6) is 5.75 Å². The van der Waals surface area contributed by atoms with Gasteiger partial charge < -0.3 is 4.74 Å². The molecule has 0 fully saturated rings. The van der Waals surface area contributed by atoms with E-state index in [2.05, 4.69) is 4.98 Å². The molecule has 1 aromatic heterocycles. The van der Waals surface area contributed by atoms with E-state index >= 15 is 0 Å². The van der Waals surface area contributed by atoms with Crippen molar-refractivity contribution < 1.29 is 21.9 Å². The van der Waals surface area contributed by atoms with Crippen LogP contribution in [0.3, 0.4) is 0 Å². The van der Waals surface area contributed by atoms with Crippen molar-refractivity contribution >= 4 is 32.6 Å². The summed E-state index contributed by atoms with van der Waals surface area (Å²) >= 11 is 1.60. The van der Waals surface area contributed by atoms with Crippen molar-refractivity contribution in [3.8, 4) is 5.75 Å². The molecule has 1 heterocycles. The van der Waals surface area contributed by atoms with Gasteiger partial charge in [-0.05, 0) is 28.7 Å². The van der Waals surface area contributed by atoms with E-state index in [0.717, 1.165) is 0 Å². The van der Waals surface area contributed by atoms with E-state index in [9.17, 15) is 17.2 Å². The third-order valence-electron chi connectivity index (χ3n) is 1.65. The van der Waals surface area contributed by atoms with E-state index in [4.69, 9.17) is 9.88 Å². The third kappa shape index (κ3) is 2.77. The zero-order valence-electron chi connectivity index (χ0n) is 7.95. The zero-order valence-corrected chi connectivity index (χ0v) is 10.9. The summed E-state index contributed by atoms with van der Waals surface area (Å²) < 4.78 is 51.9. The number of nitrogens with two attached hydrogens (primary N) is 1. The van der Waals surface area contributed by atoms with Gasteiger partial charge in [-0.25, -0.2) is 27.3 Å². The van der Waals surface area contributed by atoms with Gasteiger partial charge in [0.25, 0.3) is 6.43 Å². The van der Waals surface area contributed by atoms with Gasteiger partial charge in [-0.2, -0.15) is 0 Å². The summed E-state index contributed by atoms with van der Waals surface area (Å²) in [6.07, 6.45) is -2.88. The standard InChI is InChI=1S/C7H7F2IN2O3S/c1-15-5-4(16(11,13)14)2-3(6(8)9)12-7(5)10/h2,6H,1H3,(H2,11,13,14). The lowest BCUT2D eigenvalue weighted by Crippen LogP contribution is -2.15. The second-order valence-corrected chi connectivity index (χ2v) is 5.27. The van der Waals surface area contributed by atoms with E-state index in [1.807, 2.05) is 0 Å². The van der Waals surface area contributed by atoms with Crippen LogP contribution in [0.2, 0.25) is 0 Å². The molecule has 0 atom stereocenters. The summed E-state index contributed by atoms with van der Waals surface area (Å²) in [6.45, 7) is 0. The van der Waals surface area contributed by atoms with E-state index in [0.29, 0.717) is 6.07 Å². The van der Waals surface area contributed by atoms with Crippen molar-refractivity contribution in [3.05, 3.63) is 15.5 Å². The van der Waals surface area contributed by atoms with E-state index in [-0.39, 0.29) is 9.45 Å². The normalized spacial score (nSPS) is 11.9. The lowest BCUT2D eigenvalue weighted by atomic mass is 10.3. The average Bonchev–Trinajstić information content (AvgIpc) is 2.14. The highest BCUT2D eigenvalue weighted by atomic mass is 127. The number of halogens is 3. The number of methoxy groups -OCH3 is 1. The summed E-state index contributed by atoms with van der Waals surface area (Å²) in [5, 5.41) is 4.89. The third-order valence-corrected chi connectivity index (χ3v) is 3.30. The van der Waals surface area contributed by atoms with Crippen LogP contribution in [-0.4, -0.2) is 20.5 Å². The van der Waals surface area contributed by atoms with Crippen LogP contribution in [0.15, 0.2) is 11.0 Å². The molecule has 1 aromatic rings. The monoisotopic (exact) mass is 364 g/mol. The van der Waals surface area contributed by atoms with Crippen LogP contribution < -0.4 is 9.88 Å². The van der Waals surface area contributed by atoms with E-state index in [1.54, 1.807) is 22.6 Å². The van der Waals surface area contributed by atoms with Crippen LogP contribution in [0.25, 0.3) is 0 Å². The fourth-order valence-corrected chi connectivity index (χ4v) is 2.70. The summed E-state index contributed by atoms with van der Waals surface area (Å²) in [5.74, 6) is -0.132. The Kier molecular flexibility index (Phi) is 4.02. The van der Waals surface area contributed by atoms with Crippen molar-refractivity contribution in [2.24, 2.45) is 5.14 Å². The van der Waals surface area contributed by atoms with Crippen molar-refractivity contribution in [2.45, 2.75) is 11.3 Å². The second kappa shape index (κ2) is 4.75. The summed E-state index contributed by atoms with van der Waals surface area (Å²) in [6, 6.07) is 0.709. The maximum atomic E-state index is 12.4. The molecule has 0 bridgehead atoms. The Morgan fingerprint density at radius 2 is 2.12 bits per heavy atom. The van der Waals surface area contributed by atoms with Crippen LogP contribution >= 0.6 is 22.6 Å². The van der Waals surface area contributed by atoms with E-state index < -0.39 is 27.0 Å². The zero-order chi connectivity index (χ0) is 12.5. The summed E-state index contributed by atoms with van der Waals surface area (Å²) in [5.41, 5.74) is -0.658. The highest BCUT2D eigenvalue weighted by Crippen LogP contribution is 2.30.